The Morgan fingerprint density at radius 1 is 0.810 bits per heavy atom. The predicted octanol–water partition coefficient (Wildman–Crippen LogP) is 4.62. The highest BCUT2D eigenvalue weighted by atomic mass is 31.1. The van der Waals surface area contributed by atoms with Crippen LogP contribution in [0.2, 0.25) is 0 Å². The fourth-order valence-electron chi connectivity index (χ4n) is 2.31. The quantitative estimate of drug-likeness (QED) is 0.756. The first-order chi connectivity index (χ1) is 9.79. The van der Waals surface area contributed by atoms with Crippen LogP contribution in [0.5, 0.6) is 0 Å². The largest absolute Gasteiger partial charge is 0.317 e. The zero-order chi connectivity index (χ0) is 15.6. The Bertz CT molecular complexity index is 616. The van der Waals surface area contributed by atoms with Gasteiger partial charge in [0.05, 0.1) is 0 Å². The fourth-order valence-corrected chi connectivity index (χ4v) is 3.58. The minimum Gasteiger partial charge on any atom is -0.317 e. The molecule has 0 radical (unpaired) electrons. The topological polar surface area (TPSA) is 17.1 Å². The third-order valence-electron chi connectivity index (χ3n) is 3.85. The van der Waals surface area contributed by atoms with Gasteiger partial charge < -0.3 is 4.57 Å². The second-order valence-electron chi connectivity index (χ2n) is 6.93. The van der Waals surface area contributed by atoms with E-state index in [0.29, 0.717) is 5.92 Å². The van der Waals surface area contributed by atoms with Gasteiger partial charge in [0, 0.05) is 10.6 Å². The SMILES string of the molecule is CC(C)c1ccc([PH](=O)c2ccc(C(C)(C)C)cc2)cc1. The molecule has 0 aliphatic rings. The van der Waals surface area contributed by atoms with Crippen LogP contribution < -0.4 is 10.6 Å². The van der Waals surface area contributed by atoms with Gasteiger partial charge in [0.25, 0.3) is 0 Å². The average molecular weight is 300 g/mol. The molecule has 0 amide bonds. The number of hydrogen-bond acceptors (Lipinski definition) is 1. The summed E-state index contributed by atoms with van der Waals surface area (Å²) in [6, 6.07) is 16.4. The fraction of sp³-hybridized carbons (Fsp3) is 0.368. The number of rotatable bonds is 3. The maximum atomic E-state index is 12.7. The van der Waals surface area contributed by atoms with E-state index in [2.05, 4.69) is 58.9 Å². The van der Waals surface area contributed by atoms with E-state index in [0.717, 1.165) is 10.6 Å². The molecule has 0 heterocycles. The van der Waals surface area contributed by atoms with Crippen molar-refractivity contribution in [1.29, 1.82) is 0 Å². The van der Waals surface area contributed by atoms with Crippen LogP contribution in [0.3, 0.4) is 0 Å². The lowest BCUT2D eigenvalue weighted by Gasteiger charge is -2.19. The first-order valence-electron chi connectivity index (χ1n) is 7.54. The molecule has 0 saturated carbocycles. The lowest BCUT2D eigenvalue weighted by molar-refractivity contribution is 0.590. The van der Waals surface area contributed by atoms with Gasteiger partial charge in [-0.15, -0.1) is 0 Å². The van der Waals surface area contributed by atoms with E-state index in [1.165, 1.54) is 11.1 Å². The number of hydrogen-bond donors (Lipinski definition) is 0. The van der Waals surface area contributed by atoms with Crippen LogP contribution in [0.25, 0.3) is 0 Å². The van der Waals surface area contributed by atoms with Crippen molar-refractivity contribution >= 4 is 18.4 Å². The molecule has 0 bridgehead atoms. The van der Waals surface area contributed by atoms with Crippen molar-refractivity contribution in [2.24, 2.45) is 0 Å². The lowest BCUT2D eigenvalue weighted by atomic mass is 9.87. The molecule has 1 unspecified atom stereocenters. The summed E-state index contributed by atoms with van der Waals surface area (Å²) in [5.41, 5.74) is 2.69. The third kappa shape index (κ3) is 3.86. The standard InChI is InChI=1S/C19H25OP/c1-14(2)15-6-10-17(11-7-15)21(20)18-12-8-16(9-13-18)19(3,4)5/h6-14,21H,1-5H3. The molecule has 1 atom stereocenters. The molecule has 2 heteroatoms. The molecule has 112 valence electrons. The molecule has 0 aromatic heterocycles. The van der Waals surface area contributed by atoms with E-state index in [1.54, 1.807) is 0 Å². The van der Waals surface area contributed by atoms with Crippen molar-refractivity contribution in [2.75, 3.05) is 0 Å². The molecule has 0 aliphatic carbocycles. The van der Waals surface area contributed by atoms with Gasteiger partial charge >= 0.3 is 0 Å². The molecule has 0 saturated heterocycles. The summed E-state index contributed by atoms with van der Waals surface area (Å²) in [5.74, 6) is 0.507. The van der Waals surface area contributed by atoms with Crippen molar-refractivity contribution < 1.29 is 4.57 Å². The Labute approximate surface area is 129 Å². The van der Waals surface area contributed by atoms with Gasteiger partial charge in [0.1, 0.15) is 7.80 Å². The molecule has 21 heavy (non-hydrogen) atoms. The monoisotopic (exact) mass is 300 g/mol. The molecule has 2 rings (SSSR count). The van der Waals surface area contributed by atoms with E-state index in [9.17, 15) is 4.57 Å². The maximum absolute atomic E-state index is 12.7. The van der Waals surface area contributed by atoms with E-state index in [4.69, 9.17) is 0 Å². The Kier molecular flexibility index (Phi) is 4.74. The van der Waals surface area contributed by atoms with Crippen LogP contribution in [-0.2, 0) is 9.98 Å². The van der Waals surface area contributed by atoms with Gasteiger partial charge in [-0.05, 0) is 22.5 Å². The Balaban J connectivity index is 2.23. The first kappa shape index (κ1) is 16.0. The summed E-state index contributed by atoms with van der Waals surface area (Å²) in [7, 11) is -1.90. The van der Waals surface area contributed by atoms with Crippen LogP contribution in [0, 0.1) is 0 Å². The van der Waals surface area contributed by atoms with Crippen molar-refractivity contribution in [1.82, 2.24) is 0 Å². The summed E-state index contributed by atoms with van der Waals surface area (Å²) in [5, 5.41) is 1.87. The Morgan fingerprint density at radius 2 is 1.24 bits per heavy atom. The van der Waals surface area contributed by atoms with E-state index < -0.39 is 7.80 Å². The molecule has 0 spiro atoms. The van der Waals surface area contributed by atoms with Gasteiger partial charge in [0.15, 0.2) is 0 Å². The molecule has 1 nitrogen and oxygen atoms in total. The van der Waals surface area contributed by atoms with Crippen molar-refractivity contribution in [3.8, 4) is 0 Å². The predicted molar refractivity (Wildman–Crippen MR) is 93.9 cm³/mol. The van der Waals surface area contributed by atoms with Crippen molar-refractivity contribution in [3.63, 3.8) is 0 Å². The third-order valence-corrected chi connectivity index (χ3v) is 5.57. The second kappa shape index (κ2) is 6.20. The smallest absolute Gasteiger partial charge is 0.131 e. The van der Waals surface area contributed by atoms with E-state index >= 15 is 0 Å². The van der Waals surface area contributed by atoms with Crippen LogP contribution >= 0.6 is 7.80 Å². The van der Waals surface area contributed by atoms with Crippen LogP contribution in [-0.4, -0.2) is 0 Å². The maximum Gasteiger partial charge on any atom is 0.131 e. The molecular weight excluding hydrogens is 275 g/mol. The Hall–Kier alpha value is -1.33. The van der Waals surface area contributed by atoms with Gasteiger partial charge in [-0.25, -0.2) is 0 Å². The van der Waals surface area contributed by atoms with Gasteiger partial charge in [-0.3, -0.25) is 0 Å². The van der Waals surface area contributed by atoms with Gasteiger partial charge in [-0.1, -0.05) is 83.1 Å². The summed E-state index contributed by atoms with van der Waals surface area (Å²) in [6.45, 7) is 10.9. The van der Waals surface area contributed by atoms with E-state index in [-0.39, 0.29) is 5.41 Å². The summed E-state index contributed by atoms with van der Waals surface area (Å²) in [4.78, 5) is 0. The zero-order valence-electron chi connectivity index (χ0n) is 13.6. The average Bonchev–Trinajstić information content (AvgIpc) is 2.46. The summed E-state index contributed by atoms with van der Waals surface area (Å²) >= 11 is 0. The molecule has 0 N–H and O–H groups in total. The minimum absolute atomic E-state index is 0.132. The van der Waals surface area contributed by atoms with Crippen LogP contribution in [0.1, 0.15) is 51.7 Å². The Morgan fingerprint density at radius 3 is 1.62 bits per heavy atom. The van der Waals surface area contributed by atoms with E-state index in [1.807, 2.05) is 24.3 Å². The van der Waals surface area contributed by atoms with Crippen LogP contribution in [0.15, 0.2) is 48.5 Å². The molecule has 2 aromatic carbocycles. The van der Waals surface area contributed by atoms with Gasteiger partial charge in [-0.2, -0.15) is 0 Å². The minimum atomic E-state index is -1.90. The summed E-state index contributed by atoms with van der Waals surface area (Å²) in [6.07, 6.45) is 0. The molecule has 0 aliphatic heterocycles. The van der Waals surface area contributed by atoms with Gasteiger partial charge in [0.2, 0.25) is 0 Å². The van der Waals surface area contributed by atoms with Crippen LogP contribution in [0.4, 0.5) is 0 Å². The first-order valence-corrected chi connectivity index (χ1v) is 8.95. The zero-order valence-corrected chi connectivity index (χ0v) is 14.6. The molecule has 0 fully saturated rings. The van der Waals surface area contributed by atoms with Crippen molar-refractivity contribution in [2.45, 2.75) is 46.0 Å². The number of benzene rings is 2. The molecule has 2 aromatic rings. The highest BCUT2D eigenvalue weighted by Crippen LogP contribution is 2.25. The lowest BCUT2D eigenvalue weighted by Crippen LogP contribution is -2.13. The molecular formula is C19H25OP. The normalized spacial score (nSPS) is 13.4. The second-order valence-corrected chi connectivity index (χ2v) is 8.75. The van der Waals surface area contributed by atoms with Crippen molar-refractivity contribution in [3.05, 3.63) is 59.7 Å². The summed E-state index contributed by atoms with van der Waals surface area (Å²) < 4.78 is 12.7. The highest BCUT2D eigenvalue weighted by molar-refractivity contribution is 7.61. The highest BCUT2D eigenvalue weighted by Gasteiger charge is 2.14.